The van der Waals surface area contributed by atoms with E-state index in [0.717, 1.165) is 16.6 Å². The van der Waals surface area contributed by atoms with Crippen LogP contribution in [0, 0.1) is 0 Å². The quantitative estimate of drug-likeness (QED) is 0.440. The summed E-state index contributed by atoms with van der Waals surface area (Å²) in [6.07, 6.45) is 0.275. The minimum atomic E-state index is -0.298. The zero-order valence-electron chi connectivity index (χ0n) is 11.2. The maximum absolute atomic E-state index is 11.7. The van der Waals surface area contributed by atoms with Crippen LogP contribution in [0.25, 0.3) is 22.4 Å². The number of imidazole rings is 1. The Hall–Kier alpha value is -2.27. The third-order valence-corrected chi connectivity index (χ3v) is 3.29. The van der Waals surface area contributed by atoms with E-state index in [1.54, 1.807) is 6.07 Å². The Labute approximate surface area is 127 Å². The molecule has 1 N–H and O–H groups in total. The fourth-order valence-corrected chi connectivity index (χ4v) is 2.28. The summed E-state index contributed by atoms with van der Waals surface area (Å²) in [5, 5.41) is 0. The zero-order chi connectivity index (χ0) is 14.7. The summed E-state index contributed by atoms with van der Waals surface area (Å²) < 4.78 is 5.39. The summed E-state index contributed by atoms with van der Waals surface area (Å²) in [5.41, 5.74) is 2.59. The van der Waals surface area contributed by atoms with Gasteiger partial charge in [0.15, 0.2) is 0 Å². The van der Waals surface area contributed by atoms with Crippen molar-refractivity contribution >= 4 is 29.6 Å². The number of carbonyl (C=O) groups is 1. The normalized spacial score (nSPS) is 10.7. The van der Waals surface area contributed by atoms with Crippen LogP contribution in [0.4, 0.5) is 0 Å². The summed E-state index contributed by atoms with van der Waals surface area (Å²) in [6, 6.07) is 15.1. The molecular weight excluding hydrogens is 284 g/mol. The van der Waals surface area contributed by atoms with Crippen molar-refractivity contribution in [2.24, 2.45) is 0 Å². The molecule has 0 aliphatic rings. The predicted molar refractivity (Wildman–Crippen MR) is 85.6 cm³/mol. The molecular formula is C16H14N2O2S. The number of aromatic nitrogens is 2. The summed E-state index contributed by atoms with van der Waals surface area (Å²) in [5.74, 6) is 1.36. The first-order chi connectivity index (χ1) is 10.3. The van der Waals surface area contributed by atoms with Gasteiger partial charge in [-0.25, -0.2) is 4.98 Å². The molecule has 0 atom stereocenters. The van der Waals surface area contributed by atoms with E-state index in [1.165, 1.54) is 0 Å². The molecule has 0 fully saturated rings. The fraction of sp³-hybridized carbons (Fsp3) is 0.125. The Morgan fingerprint density at radius 1 is 1.14 bits per heavy atom. The third-order valence-electron chi connectivity index (χ3n) is 3.07. The van der Waals surface area contributed by atoms with E-state index in [4.69, 9.17) is 4.74 Å². The van der Waals surface area contributed by atoms with Crippen molar-refractivity contribution in [3.05, 3.63) is 48.5 Å². The third kappa shape index (κ3) is 2.92. The number of nitrogens with zero attached hydrogens (tertiary/aromatic N) is 1. The maximum Gasteiger partial charge on any atom is 0.312 e. The average molecular weight is 298 g/mol. The Balaban J connectivity index is 1.99. The highest BCUT2D eigenvalue weighted by atomic mass is 32.1. The van der Waals surface area contributed by atoms with Gasteiger partial charge in [-0.2, -0.15) is 12.6 Å². The van der Waals surface area contributed by atoms with Gasteiger partial charge in [0, 0.05) is 5.75 Å². The number of H-pyrrole nitrogens is 1. The van der Waals surface area contributed by atoms with E-state index in [9.17, 15) is 4.79 Å². The molecule has 0 spiro atoms. The first-order valence-electron chi connectivity index (χ1n) is 6.63. The number of nitrogens with one attached hydrogen (secondary N) is 1. The average Bonchev–Trinajstić information content (AvgIpc) is 2.91. The van der Waals surface area contributed by atoms with Crippen LogP contribution in [-0.4, -0.2) is 21.7 Å². The van der Waals surface area contributed by atoms with Gasteiger partial charge in [0.25, 0.3) is 0 Å². The van der Waals surface area contributed by atoms with Gasteiger partial charge in [0.05, 0.1) is 23.0 Å². The first-order valence-corrected chi connectivity index (χ1v) is 7.27. The number of fused-ring (bicyclic) bond motifs is 1. The van der Waals surface area contributed by atoms with E-state index in [2.05, 4.69) is 22.6 Å². The molecule has 0 bridgehead atoms. The zero-order valence-corrected chi connectivity index (χ0v) is 12.1. The van der Waals surface area contributed by atoms with Gasteiger partial charge in [-0.15, -0.1) is 0 Å². The highest BCUT2D eigenvalue weighted by Crippen LogP contribution is 2.29. The number of esters is 1. The molecule has 3 rings (SSSR count). The molecule has 4 nitrogen and oxygen atoms in total. The second kappa shape index (κ2) is 6.01. The maximum atomic E-state index is 11.7. The van der Waals surface area contributed by atoms with Crippen molar-refractivity contribution in [1.82, 2.24) is 9.97 Å². The molecule has 2 aromatic carbocycles. The van der Waals surface area contributed by atoms with Crippen molar-refractivity contribution in [3.8, 4) is 17.1 Å². The van der Waals surface area contributed by atoms with Crippen molar-refractivity contribution in [2.45, 2.75) is 6.42 Å². The number of hydrogen-bond donors (Lipinski definition) is 2. The van der Waals surface area contributed by atoms with Crippen LogP contribution in [-0.2, 0) is 4.79 Å². The molecule has 106 valence electrons. The monoisotopic (exact) mass is 298 g/mol. The van der Waals surface area contributed by atoms with Crippen LogP contribution in [0.1, 0.15) is 6.42 Å². The molecule has 0 unspecified atom stereocenters. The second-order valence-corrected chi connectivity index (χ2v) is 4.99. The van der Waals surface area contributed by atoms with Crippen LogP contribution in [0.3, 0.4) is 0 Å². The van der Waals surface area contributed by atoms with Gasteiger partial charge in [-0.3, -0.25) is 4.79 Å². The fourth-order valence-electron chi connectivity index (χ4n) is 2.10. The number of para-hydroxylation sites is 3. The molecule has 1 heterocycles. The molecule has 5 heteroatoms. The molecule has 0 saturated heterocycles. The standard InChI is InChI=1S/C16H14N2O2S/c19-15(9-10-21)20-14-8-4-1-5-11(14)16-17-12-6-2-3-7-13(12)18-16/h1-8,21H,9-10H2,(H,17,18). The molecule has 21 heavy (non-hydrogen) atoms. The lowest BCUT2D eigenvalue weighted by molar-refractivity contribution is -0.133. The summed E-state index contributed by atoms with van der Waals surface area (Å²) in [6.45, 7) is 0. The number of aromatic amines is 1. The van der Waals surface area contributed by atoms with Crippen molar-refractivity contribution < 1.29 is 9.53 Å². The van der Waals surface area contributed by atoms with Gasteiger partial charge in [-0.1, -0.05) is 24.3 Å². The van der Waals surface area contributed by atoms with E-state index in [1.807, 2.05) is 42.5 Å². The van der Waals surface area contributed by atoms with Gasteiger partial charge >= 0.3 is 5.97 Å². The molecule has 3 aromatic rings. The summed E-state index contributed by atoms with van der Waals surface area (Å²) in [7, 11) is 0. The largest absolute Gasteiger partial charge is 0.426 e. The topological polar surface area (TPSA) is 55.0 Å². The number of benzene rings is 2. The molecule has 0 aliphatic carbocycles. The number of ether oxygens (including phenoxy) is 1. The van der Waals surface area contributed by atoms with Crippen molar-refractivity contribution in [3.63, 3.8) is 0 Å². The van der Waals surface area contributed by atoms with Gasteiger partial charge in [0.2, 0.25) is 0 Å². The lowest BCUT2D eigenvalue weighted by Crippen LogP contribution is -2.09. The lowest BCUT2D eigenvalue weighted by atomic mass is 10.2. The lowest BCUT2D eigenvalue weighted by Gasteiger charge is -2.07. The summed E-state index contributed by atoms with van der Waals surface area (Å²) in [4.78, 5) is 19.4. The number of hydrogen-bond acceptors (Lipinski definition) is 4. The summed E-state index contributed by atoms with van der Waals surface area (Å²) >= 11 is 4.04. The van der Waals surface area contributed by atoms with E-state index in [-0.39, 0.29) is 12.4 Å². The van der Waals surface area contributed by atoms with E-state index < -0.39 is 0 Å². The van der Waals surface area contributed by atoms with Gasteiger partial charge < -0.3 is 9.72 Å². The van der Waals surface area contributed by atoms with Gasteiger partial charge in [-0.05, 0) is 24.3 Å². The first kappa shape index (κ1) is 13.7. The Bertz CT molecular complexity index is 750. The van der Waals surface area contributed by atoms with Crippen molar-refractivity contribution in [2.75, 3.05) is 5.75 Å². The SMILES string of the molecule is O=C(CCS)Oc1ccccc1-c1nc2ccccc2[nH]1. The molecule has 0 aliphatic heterocycles. The van der Waals surface area contributed by atoms with Crippen molar-refractivity contribution in [1.29, 1.82) is 0 Å². The minimum Gasteiger partial charge on any atom is -0.426 e. The minimum absolute atomic E-state index is 0.275. The second-order valence-electron chi connectivity index (χ2n) is 4.55. The van der Waals surface area contributed by atoms with Crippen LogP contribution in [0.5, 0.6) is 5.75 Å². The smallest absolute Gasteiger partial charge is 0.312 e. The number of carbonyl (C=O) groups excluding carboxylic acids is 1. The Morgan fingerprint density at radius 3 is 2.71 bits per heavy atom. The molecule has 0 radical (unpaired) electrons. The molecule has 0 saturated carbocycles. The number of thiol groups is 1. The van der Waals surface area contributed by atoms with Crippen LogP contribution in [0.15, 0.2) is 48.5 Å². The van der Waals surface area contributed by atoms with Crippen LogP contribution < -0.4 is 4.74 Å². The van der Waals surface area contributed by atoms with Crippen LogP contribution >= 0.6 is 12.6 Å². The highest BCUT2D eigenvalue weighted by Gasteiger charge is 2.13. The Kier molecular flexibility index (Phi) is 3.92. The van der Waals surface area contributed by atoms with E-state index >= 15 is 0 Å². The predicted octanol–water partition coefficient (Wildman–Crippen LogP) is 3.46. The molecule has 0 amide bonds. The number of rotatable bonds is 4. The Morgan fingerprint density at radius 2 is 1.90 bits per heavy atom. The van der Waals surface area contributed by atoms with E-state index in [0.29, 0.717) is 17.3 Å². The highest BCUT2D eigenvalue weighted by molar-refractivity contribution is 7.80. The molecule has 1 aromatic heterocycles. The van der Waals surface area contributed by atoms with Crippen LogP contribution in [0.2, 0.25) is 0 Å². The van der Waals surface area contributed by atoms with Gasteiger partial charge in [0.1, 0.15) is 11.6 Å².